The van der Waals surface area contributed by atoms with Crippen molar-refractivity contribution in [2.75, 3.05) is 18.6 Å². The highest BCUT2D eigenvalue weighted by molar-refractivity contribution is 6.05. The number of anilines is 1. The van der Waals surface area contributed by atoms with Gasteiger partial charge in [0, 0.05) is 24.5 Å². The lowest BCUT2D eigenvalue weighted by Gasteiger charge is -2.21. The highest BCUT2D eigenvalue weighted by atomic mass is 16.5. The molecule has 0 spiro atoms. The molecule has 5 nitrogen and oxygen atoms in total. The van der Waals surface area contributed by atoms with Crippen molar-refractivity contribution in [3.05, 3.63) is 65.9 Å². The second-order valence-electron chi connectivity index (χ2n) is 6.45. The number of fused-ring (bicyclic) bond motifs is 1. The molecule has 0 saturated carbocycles. The van der Waals surface area contributed by atoms with Gasteiger partial charge in [-0.1, -0.05) is 43.3 Å². The van der Waals surface area contributed by atoms with E-state index in [4.69, 9.17) is 4.74 Å². The number of methoxy groups -OCH3 is 1. The number of benzene rings is 2. The highest BCUT2D eigenvalue weighted by Crippen LogP contribution is 2.31. The van der Waals surface area contributed by atoms with Crippen LogP contribution in [-0.4, -0.2) is 30.1 Å². The van der Waals surface area contributed by atoms with Gasteiger partial charge in [-0.05, 0) is 30.2 Å². The van der Waals surface area contributed by atoms with E-state index in [0.717, 1.165) is 29.6 Å². The molecular formula is C22H24N2O3. The lowest BCUT2D eigenvalue weighted by Crippen LogP contribution is -2.34. The van der Waals surface area contributed by atoms with Crippen molar-refractivity contribution in [2.24, 2.45) is 0 Å². The van der Waals surface area contributed by atoms with Gasteiger partial charge in [-0.25, -0.2) is 0 Å². The number of carbonyl (C=O) groups is 2. The fraction of sp³-hybridized carbons (Fsp3) is 0.273. The van der Waals surface area contributed by atoms with Crippen LogP contribution in [0.5, 0.6) is 0 Å². The molecule has 27 heavy (non-hydrogen) atoms. The van der Waals surface area contributed by atoms with E-state index < -0.39 is 5.97 Å². The van der Waals surface area contributed by atoms with Crippen molar-refractivity contribution < 1.29 is 14.3 Å². The summed E-state index contributed by atoms with van der Waals surface area (Å²) in [6.45, 7) is 4.24. The molecule has 1 heterocycles. The van der Waals surface area contributed by atoms with E-state index in [1.807, 2.05) is 30.3 Å². The zero-order valence-corrected chi connectivity index (χ0v) is 15.9. The number of ether oxygens (including phenoxy) is 1. The molecule has 0 aliphatic heterocycles. The fourth-order valence-electron chi connectivity index (χ4n) is 3.36. The van der Waals surface area contributed by atoms with Crippen LogP contribution < -0.4 is 4.90 Å². The summed E-state index contributed by atoms with van der Waals surface area (Å²) in [5.74, 6) is -0.636. The molecule has 5 heteroatoms. The zero-order valence-electron chi connectivity index (χ0n) is 15.9. The summed E-state index contributed by atoms with van der Waals surface area (Å²) in [4.78, 5) is 25.5. The summed E-state index contributed by atoms with van der Waals surface area (Å²) in [5.41, 5.74) is 4.17. The van der Waals surface area contributed by atoms with Crippen molar-refractivity contribution >= 4 is 28.5 Å². The van der Waals surface area contributed by atoms with Gasteiger partial charge in [-0.2, -0.15) is 0 Å². The molecule has 0 aliphatic carbocycles. The molecule has 140 valence electrons. The van der Waals surface area contributed by atoms with Crippen LogP contribution in [0.3, 0.4) is 0 Å². The minimum absolute atomic E-state index is 0.101. The number of nitrogens with zero attached hydrogens (tertiary/aromatic N) is 2. The van der Waals surface area contributed by atoms with E-state index in [-0.39, 0.29) is 12.5 Å². The fourth-order valence-corrected chi connectivity index (χ4v) is 3.36. The zero-order chi connectivity index (χ0) is 19.4. The number of hydrogen-bond acceptors (Lipinski definition) is 3. The molecule has 0 radical (unpaired) electrons. The van der Waals surface area contributed by atoms with Gasteiger partial charge in [0.15, 0.2) is 0 Å². The second kappa shape index (κ2) is 8.08. The molecule has 2 aromatic carbocycles. The predicted octanol–water partition coefficient (Wildman–Crippen LogP) is 3.78. The monoisotopic (exact) mass is 364 g/mol. The first-order valence-corrected chi connectivity index (χ1v) is 9.05. The summed E-state index contributed by atoms with van der Waals surface area (Å²) in [5, 5.41) is 0.962. The van der Waals surface area contributed by atoms with Crippen LogP contribution in [-0.2, 0) is 27.3 Å². The summed E-state index contributed by atoms with van der Waals surface area (Å²) >= 11 is 0. The first kappa shape index (κ1) is 18.7. The molecule has 0 atom stereocenters. The molecule has 3 aromatic rings. The lowest BCUT2D eigenvalue weighted by molar-refractivity contribution is -0.139. The predicted molar refractivity (Wildman–Crippen MR) is 107 cm³/mol. The molecule has 0 saturated heterocycles. The third kappa shape index (κ3) is 3.87. The smallest absolute Gasteiger partial charge is 0.325 e. The maximum absolute atomic E-state index is 12.2. The molecule has 0 bridgehead atoms. The SMILES string of the molecule is CCc1cc2c(N(CC(=O)OC)C(C)=O)cccc2n1Cc1ccccc1. The van der Waals surface area contributed by atoms with Crippen LogP contribution >= 0.6 is 0 Å². The van der Waals surface area contributed by atoms with Crippen molar-refractivity contribution in [3.63, 3.8) is 0 Å². The summed E-state index contributed by atoms with van der Waals surface area (Å²) < 4.78 is 7.02. The minimum Gasteiger partial charge on any atom is -0.468 e. The second-order valence-corrected chi connectivity index (χ2v) is 6.45. The Hall–Kier alpha value is -3.08. The number of amides is 1. The Morgan fingerprint density at radius 3 is 2.44 bits per heavy atom. The third-order valence-electron chi connectivity index (χ3n) is 4.74. The Balaban J connectivity index is 2.11. The summed E-state index contributed by atoms with van der Waals surface area (Å²) in [6, 6.07) is 18.2. The van der Waals surface area contributed by atoms with Crippen LogP contribution in [0.1, 0.15) is 25.1 Å². The third-order valence-corrected chi connectivity index (χ3v) is 4.74. The standard InChI is InChI=1S/C22H24N2O3/c1-4-18-13-19-20(23(16(2)25)15-22(26)27-3)11-8-12-21(19)24(18)14-17-9-6-5-7-10-17/h5-13H,4,14-15H2,1-3H3. The van der Waals surface area contributed by atoms with Crippen LogP contribution in [0.2, 0.25) is 0 Å². The van der Waals surface area contributed by atoms with Crippen molar-refractivity contribution in [3.8, 4) is 0 Å². The van der Waals surface area contributed by atoms with Gasteiger partial charge in [-0.3, -0.25) is 9.59 Å². The van der Waals surface area contributed by atoms with Crippen LogP contribution in [0.25, 0.3) is 10.9 Å². The number of aryl methyl sites for hydroxylation is 1. The number of rotatable bonds is 6. The van der Waals surface area contributed by atoms with Crippen molar-refractivity contribution in [1.29, 1.82) is 0 Å². The first-order valence-electron chi connectivity index (χ1n) is 9.05. The van der Waals surface area contributed by atoms with E-state index in [0.29, 0.717) is 0 Å². The average molecular weight is 364 g/mol. The van der Waals surface area contributed by atoms with Gasteiger partial charge in [0.25, 0.3) is 0 Å². The van der Waals surface area contributed by atoms with Crippen LogP contribution in [0.15, 0.2) is 54.6 Å². The quantitative estimate of drug-likeness (QED) is 0.626. The average Bonchev–Trinajstić information content (AvgIpc) is 3.04. The Bertz CT molecular complexity index is 960. The molecular weight excluding hydrogens is 340 g/mol. The van der Waals surface area contributed by atoms with Gasteiger partial charge >= 0.3 is 5.97 Å². The van der Waals surface area contributed by atoms with E-state index in [1.54, 1.807) is 0 Å². The van der Waals surface area contributed by atoms with E-state index in [2.05, 4.69) is 35.8 Å². The van der Waals surface area contributed by atoms with E-state index in [9.17, 15) is 9.59 Å². The number of hydrogen-bond donors (Lipinski definition) is 0. The maximum atomic E-state index is 12.2. The van der Waals surface area contributed by atoms with Crippen molar-refractivity contribution in [2.45, 2.75) is 26.8 Å². The lowest BCUT2D eigenvalue weighted by atomic mass is 10.2. The normalized spacial score (nSPS) is 10.8. The first-order chi connectivity index (χ1) is 13.0. The van der Waals surface area contributed by atoms with Gasteiger partial charge in [0.1, 0.15) is 6.54 Å². The number of carbonyl (C=O) groups excluding carboxylic acids is 2. The van der Waals surface area contributed by atoms with Gasteiger partial charge in [0.2, 0.25) is 5.91 Å². The molecule has 1 amide bonds. The summed E-state index contributed by atoms with van der Waals surface area (Å²) in [7, 11) is 1.33. The minimum atomic E-state index is -0.443. The molecule has 0 N–H and O–H groups in total. The highest BCUT2D eigenvalue weighted by Gasteiger charge is 2.20. The largest absolute Gasteiger partial charge is 0.468 e. The van der Waals surface area contributed by atoms with Crippen LogP contribution in [0.4, 0.5) is 5.69 Å². The van der Waals surface area contributed by atoms with Crippen LogP contribution in [0, 0.1) is 0 Å². The molecule has 3 rings (SSSR count). The molecule has 0 unspecified atom stereocenters. The van der Waals surface area contributed by atoms with E-state index in [1.165, 1.54) is 30.2 Å². The molecule has 1 aromatic heterocycles. The number of aromatic nitrogens is 1. The number of esters is 1. The van der Waals surface area contributed by atoms with Gasteiger partial charge in [0.05, 0.1) is 18.3 Å². The van der Waals surface area contributed by atoms with Gasteiger partial charge in [-0.15, -0.1) is 0 Å². The molecule has 0 fully saturated rings. The topological polar surface area (TPSA) is 51.5 Å². The maximum Gasteiger partial charge on any atom is 0.325 e. The summed E-state index contributed by atoms with van der Waals surface area (Å²) in [6.07, 6.45) is 0.873. The van der Waals surface area contributed by atoms with Gasteiger partial charge < -0.3 is 14.2 Å². The molecule has 0 aliphatic rings. The van der Waals surface area contributed by atoms with Crippen molar-refractivity contribution in [1.82, 2.24) is 4.57 Å². The van der Waals surface area contributed by atoms with E-state index >= 15 is 0 Å². The Labute approximate surface area is 159 Å². The Morgan fingerprint density at radius 1 is 1.07 bits per heavy atom. The Morgan fingerprint density at radius 2 is 1.81 bits per heavy atom. The Kier molecular flexibility index (Phi) is 5.60.